The number of hydrogen-bond donors (Lipinski definition) is 1. The maximum absolute atomic E-state index is 11.1. The van der Waals surface area contributed by atoms with Crippen molar-refractivity contribution in [2.75, 3.05) is 0 Å². The van der Waals surface area contributed by atoms with E-state index in [-0.39, 0.29) is 89.4 Å². The topological polar surface area (TPSA) is 38.7 Å². The molecule has 0 spiro atoms. The van der Waals surface area contributed by atoms with Gasteiger partial charge in [0.05, 0.1) is 8.41 Å². The molecule has 0 aliphatic carbocycles. The van der Waals surface area contributed by atoms with Crippen LogP contribution in [0, 0.1) is 0 Å². The van der Waals surface area contributed by atoms with E-state index >= 15 is 0 Å². The Hall–Kier alpha value is -2.35. The van der Waals surface area contributed by atoms with E-state index in [4.69, 9.17) is 9.31 Å². The fraction of sp³-hybridized carbons (Fsp3) is 0. The Labute approximate surface area is 316 Å². The van der Waals surface area contributed by atoms with Crippen molar-refractivity contribution in [3.05, 3.63) is 133 Å². The molecule has 43 heavy (non-hydrogen) atoms. The van der Waals surface area contributed by atoms with Gasteiger partial charge in [-0.15, -0.1) is 0 Å². The van der Waals surface area contributed by atoms with Gasteiger partial charge in [-0.25, -0.2) is 0 Å². The second kappa shape index (κ2) is 13.3. The number of benzene rings is 8. The summed E-state index contributed by atoms with van der Waals surface area (Å²) in [7, 11) is -1.50. The van der Waals surface area contributed by atoms with Gasteiger partial charge < -0.3 is 14.3 Å². The monoisotopic (exact) mass is 592 g/mol. The van der Waals surface area contributed by atoms with Gasteiger partial charge in [-0.2, -0.15) is 0 Å². The van der Waals surface area contributed by atoms with Crippen LogP contribution in [0.4, 0.5) is 0 Å². The predicted molar refractivity (Wildman–Crippen MR) is 191 cm³/mol. The molecule has 1 N–H and O–H groups in total. The Morgan fingerprint density at radius 2 is 0.767 bits per heavy atom. The van der Waals surface area contributed by atoms with Gasteiger partial charge in [-0.3, -0.25) is 0 Å². The van der Waals surface area contributed by atoms with Gasteiger partial charge in [-0.05, 0) is 90.3 Å². The van der Waals surface area contributed by atoms with E-state index in [1.807, 2.05) is 36.4 Å². The zero-order valence-electron chi connectivity index (χ0n) is 21.5. The van der Waals surface area contributed by atoms with Crippen LogP contribution in [0.15, 0.2) is 133 Å². The summed E-state index contributed by atoms with van der Waals surface area (Å²) in [6.07, 6.45) is 0. The summed E-state index contributed by atoms with van der Waals surface area (Å²) in [4.78, 5) is 0. The zero-order valence-corrected chi connectivity index (χ0v) is 21.5. The molecule has 0 aromatic heterocycles. The van der Waals surface area contributed by atoms with E-state index in [9.17, 15) is 5.02 Å². The van der Waals surface area contributed by atoms with Crippen LogP contribution in [0.3, 0.4) is 0 Å². The molecule has 0 fully saturated rings. The molecule has 0 radical (unpaired) electrons. The molecule has 8 aromatic carbocycles. The summed E-state index contributed by atoms with van der Waals surface area (Å²) in [5, 5.41) is 24.2. The van der Waals surface area contributed by atoms with Crippen LogP contribution < -0.4 is 9.31 Å². The molecule has 198 valence electrons. The first-order valence-corrected chi connectivity index (χ1v) is 13.4. The van der Waals surface area contributed by atoms with Crippen molar-refractivity contribution in [1.29, 1.82) is 0 Å². The molecule has 0 saturated carbocycles. The molecular weight excluding hydrogens is 564 g/mol. The van der Waals surface area contributed by atoms with Gasteiger partial charge in [0.15, 0.2) is 0 Å². The van der Waals surface area contributed by atoms with E-state index in [1.54, 1.807) is 0 Å². The average Bonchev–Trinajstić information content (AvgIpc) is 2.99. The van der Waals surface area contributed by atoms with Crippen LogP contribution in [0.5, 0.6) is 11.5 Å². The maximum atomic E-state index is 11.1. The number of fused-ring (bicyclic) bond motifs is 8. The second-order valence-corrected chi connectivity index (χ2v) is 10.2. The Morgan fingerprint density at radius 3 is 1.19 bits per heavy atom. The Bertz CT molecular complexity index is 2110. The molecule has 0 atom stereocenters. The van der Waals surface area contributed by atoms with Gasteiger partial charge in [0.1, 0.15) is 11.5 Å². The summed E-state index contributed by atoms with van der Waals surface area (Å²) in [5.74, 6) is 1.14. The van der Waals surface area contributed by atoms with E-state index in [0.717, 1.165) is 53.9 Å². The quantitative estimate of drug-likeness (QED) is 0.143. The zero-order chi connectivity index (χ0) is 26.6. The van der Waals surface area contributed by atoms with Gasteiger partial charge in [0, 0.05) is 10.8 Å². The van der Waals surface area contributed by atoms with Gasteiger partial charge in [0.25, 0.3) is 0 Å². The normalized spacial score (nSPS) is 10.8. The number of hydrogen-bond acceptors (Lipinski definition) is 3. The van der Waals surface area contributed by atoms with Crippen LogP contribution in [-0.2, 0) is 0 Å². The summed E-state index contributed by atoms with van der Waals surface area (Å²) in [5.41, 5.74) is 0. The third-order valence-corrected chi connectivity index (χ3v) is 7.83. The third kappa shape index (κ3) is 5.89. The Morgan fingerprint density at radius 1 is 0.419 bits per heavy atom. The van der Waals surface area contributed by atoms with E-state index in [0.29, 0.717) is 11.5 Å². The molecule has 0 aliphatic rings. The Kier molecular flexibility index (Phi) is 9.94. The van der Waals surface area contributed by atoms with Crippen molar-refractivity contribution < 1.29 is 14.3 Å². The van der Waals surface area contributed by atoms with Crippen molar-refractivity contribution in [3.63, 3.8) is 0 Å². The Balaban J connectivity index is 0.00000123. The van der Waals surface area contributed by atoms with Crippen molar-refractivity contribution >= 4 is 161 Å². The fourth-order valence-electron chi connectivity index (χ4n) is 5.97. The van der Waals surface area contributed by atoms with Crippen LogP contribution in [-0.4, -0.2) is 102 Å². The van der Waals surface area contributed by atoms with Crippen molar-refractivity contribution in [1.82, 2.24) is 0 Å². The van der Waals surface area contributed by atoms with Crippen molar-refractivity contribution in [2.45, 2.75) is 0 Å². The van der Waals surface area contributed by atoms with Gasteiger partial charge >= 0.3 is 88.3 Å². The van der Waals surface area contributed by atoms with E-state index < -0.39 is 7.32 Å². The van der Waals surface area contributed by atoms with Crippen molar-refractivity contribution in [2.24, 2.45) is 0 Å². The first kappa shape index (κ1) is 32.1. The summed E-state index contributed by atoms with van der Waals surface area (Å²) in [6, 6.07) is 45.6. The average molecular weight is 592 g/mol. The predicted octanol–water partition coefficient (Wildman–Crippen LogP) is 6.56. The minimum atomic E-state index is -1.50. The molecule has 0 aliphatic heterocycles. The van der Waals surface area contributed by atoms with E-state index in [2.05, 4.69) is 97.1 Å². The first-order valence-electron chi connectivity index (χ1n) is 13.4. The standard InChI is InChI=1S/C36H23BO3.BH3.K.Na.2H/c38-37(39-33-13-5-11-23-15-17-29-19-25-7-1-3-9-27(25)21-31(29)35(23)33)40-34-14-6-12-24-16-18-30-20-26-8-2-4-10-28(26)22-32(30)36(24)34;;;;;/h1-22,38H;1H3;;;;. The minimum absolute atomic E-state index is 0. The molecule has 0 bridgehead atoms. The molecular formula is C36H28B2KNaO3. The van der Waals surface area contributed by atoms with Crippen molar-refractivity contribution in [3.8, 4) is 11.5 Å². The van der Waals surface area contributed by atoms with Crippen LogP contribution in [0.25, 0.3) is 64.6 Å². The number of rotatable bonds is 4. The fourth-order valence-corrected chi connectivity index (χ4v) is 5.97. The molecule has 0 amide bonds. The molecule has 8 rings (SSSR count). The van der Waals surface area contributed by atoms with Crippen LogP contribution >= 0.6 is 0 Å². The summed E-state index contributed by atoms with van der Waals surface area (Å²) >= 11 is 0. The second-order valence-electron chi connectivity index (χ2n) is 10.2. The SMILES string of the molecule is B.OB(Oc1cccc2ccc3cc4ccccc4cc3c12)Oc1cccc2ccc3cc4ccccc4cc3c12.[KH].[NaH]. The molecule has 0 unspecified atom stereocenters. The van der Waals surface area contributed by atoms with Gasteiger partial charge in [0.2, 0.25) is 0 Å². The molecule has 8 aromatic rings. The summed E-state index contributed by atoms with van der Waals surface area (Å²) < 4.78 is 12.2. The van der Waals surface area contributed by atoms with E-state index in [1.165, 1.54) is 10.8 Å². The third-order valence-electron chi connectivity index (χ3n) is 7.83. The molecule has 0 heterocycles. The van der Waals surface area contributed by atoms with Crippen LogP contribution in [0.1, 0.15) is 0 Å². The van der Waals surface area contributed by atoms with Crippen LogP contribution in [0.2, 0.25) is 0 Å². The molecule has 0 saturated heterocycles. The first-order chi connectivity index (χ1) is 19.7. The molecule has 7 heteroatoms. The molecule has 3 nitrogen and oxygen atoms in total. The van der Waals surface area contributed by atoms with Gasteiger partial charge in [-0.1, -0.05) is 97.1 Å². The summed E-state index contributed by atoms with van der Waals surface area (Å²) in [6.45, 7) is 0.